The van der Waals surface area contributed by atoms with Gasteiger partial charge < -0.3 is 15.0 Å². The molecule has 1 heterocycles. The Kier molecular flexibility index (Phi) is 7.81. The Morgan fingerprint density at radius 1 is 1.00 bits per heavy atom. The minimum atomic E-state index is -0.139. The van der Waals surface area contributed by atoms with Crippen LogP contribution in [0.1, 0.15) is 53.2 Å². The predicted octanol–water partition coefficient (Wildman–Crippen LogP) is 5.57. The second-order valence-electron chi connectivity index (χ2n) is 9.67. The number of rotatable bonds is 8. The standard InChI is InChI=1S/C29H32N2O3S/c1-29(2,3)24-13-15-25(16-14-24)34-18-17-30-27(33)22-9-11-23(12-10-22)28-31(26(32)20-35-28)19-21-7-5-4-6-8-21/h4-16,28H,17-20H2,1-3H3,(H,30,33). The number of carbonyl (C=O) groups excluding carboxylic acids is 2. The van der Waals surface area contributed by atoms with Gasteiger partial charge in [-0.2, -0.15) is 0 Å². The van der Waals surface area contributed by atoms with Crippen LogP contribution < -0.4 is 10.1 Å². The summed E-state index contributed by atoms with van der Waals surface area (Å²) in [6, 6.07) is 25.6. The minimum absolute atomic E-state index is 0.0436. The van der Waals surface area contributed by atoms with Gasteiger partial charge in [-0.3, -0.25) is 9.59 Å². The van der Waals surface area contributed by atoms with E-state index in [0.29, 0.717) is 31.0 Å². The fourth-order valence-electron chi connectivity index (χ4n) is 3.97. The van der Waals surface area contributed by atoms with E-state index >= 15 is 0 Å². The first-order valence-corrected chi connectivity index (χ1v) is 12.9. The molecular weight excluding hydrogens is 456 g/mol. The van der Waals surface area contributed by atoms with E-state index in [-0.39, 0.29) is 22.6 Å². The zero-order chi connectivity index (χ0) is 24.8. The number of amides is 2. The minimum Gasteiger partial charge on any atom is -0.492 e. The molecule has 1 aliphatic rings. The number of ether oxygens (including phenoxy) is 1. The van der Waals surface area contributed by atoms with Crippen LogP contribution in [0.3, 0.4) is 0 Å². The maximum Gasteiger partial charge on any atom is 0.251 e. The molecule has 1 atom stereocenters. The van der Waals surface area contributed by atoms with Crippen molar-refractivity contribution in [3.05, 3.63) is 101 Å². The Morgan fingerprint density at radius 2 is 1.69 bits per heavy atom. The highest BCUT2D eigenvalue weighted by atomic mass is 32.2. The first kappa shape index (κ1) is 24.9. The van der Waals surface area contributed by atoms with Crippen molar-refractivity contribution < 1.29 is 14.3 Å². The fraction of sp³-hybridized carbons (Fsp3) is 0.310. The van der Waals surface area contributed by atoms with Gasteiger partial charge in [-0.25, -0.2) is 0 Å². The first-order valence-electron chi connectivity index (χ1n) is 11.9. The summed E-state index contributed by atoms with van der Waals surface area (Å²) in [6.45, 7) is 7.93. The van der Waals surface area contributed by atoms with Crippen LogP contribution >= 0.6 is 11.8 Å². The summed E-state index contributed by atoms with van der Waals surface area (Å²) >= 11 is 1.62. The lowest BCUT2D eigenvalue weighted by Crippen LogP contribution is -2.28. The van der Waals surface area contributed by atoms with Crippen LogP contribution in [0.2, 0.25) is 0 Å². The van der Waals surface area contributed by atoms with E-state index in [1.165, 1.54) is 5.56 Å². The third-order valence-corrected chi connectivity index (χ3v) is 7.25. The molecule has 0 saturated carbocycles. The van der Waals surface area contributed by atoms with Gasteiger partial charge in [0.05, 0.1) is 12.3 Å². The smallest absolute Gasteiger partial charge is 0.251 e. The normalized spacial score (nSPS) is 15.8. The van der Waals surface area contributed by atoms with Gasteiger partial charge in [0.2, 0.25) is 5.91 Å². The maximum absolute atomic E-state index is 12.6. The lowest BCUT2D eigenvalue weighted by molar-refractivity contribution is -0.128. The van der Waals surface area contributed by atoms with Gasteiger partial charge in [0.15, 0.2) is 0 Å². The van der Waals surface area contributed by atoms with Crippen LogP contribution in [0.4, 0.5) is 0 Å². The van der Waals surface area contributed by atoms with Crippen molar-refractivity contribution in [1.29, 1.82) is 0 Å². The average Bonchev–Trinajstić information content (AvgIpc) is 3.22. The number of thioether (sulfide) groups is 1. The SMILES string of the molecule is CC(C)(C)c1ccc(OCCNC(=O)c2ccc(C3SCC(=O)N3Cc3ccccc3)cc2)cc1. The first-order chi connectivity index (χ1) is 16.8. The highest BCUT2D eigenvalue weighted by Gasteiger charge is 2.32. The lowest BCUT2D eigenvalue weighted by atomic mass is 9.87. The zero-order valence-corrected chi connectivity index (χ0v) is 21.3. The molecule has 1 N–H and O–H groups in total. The van der Waals surface area contributed by atoms with Gasteiger partial charge >= 0.3 is 0 Å². The second kappa shape index (κ2) is 11.0. The predicted molar refractivity (Wildman–Crippen MR) is 142 cm³/mol. The third-order valence-electron chi connectivity index (χ3n) is 6.00. The molecule has 182 valence electrons. The summed E-state index contributed by atoms with van der Waals surface area (Å²) < 4.78 is 5.76. The van der Waals surface area contributed by atoms with E-state index in [2.05, 4.69) is 38.2 Å². The van der Waals surface area contributed by atoms with E-state index in [4.69, 9.17) is 4.74 Å². The Morgan fingerprint density at radius 3 is 2.34 bits per heavy atom. The second-order valence-corrected chi connectivity index (χ2v) is 10.7. The van der Waals surface area contributed by atoms with Crippen molar-refractivity contribution >= 4 is 23.6 Å². The maximum atomic E-state index is 12.6. The molecule has 3 aromatic rings. The van der Waals surface area contributed by atoms with Crippen LogP contribution in [0, 0.1) is 0 Å². The molecule has 5 nitrogen and oxygen atoms in total. The fourth-order valence-corrected chi connectivity index (χ4v) is 5.15. The third kappa shape index (κ3) is 6.45. The van der Waals surface area contributed by atoms with Crippen molar-refractivity contribution in [2.75, 3.05) is 18.9 Å². The summed E-state index contributed by atoms with van der Waals surface area (Å²) in [5, 5.41) is 2.87. The molecule has 2 amide bonds. The van der Waals surface area contributed by atoms with Crippen molar-refractivity contribution in [3.63, 3.8) is 0 Å². The van der Waals surface area contributed by atoms with E-state index in [1.807, 2.05) is 71.6 Å². The summed E-state index contributed by atoms with van der Waals surface area (Å²) in [6.07, 6.45) is 0. The number of nitrogens with one attached hydrogen (secondary N) is 1. The lowest BCUT2D eigenvalue weighted by Gasteiger charge is -2.24. The van der Waals surface area contributed by atoms with Gasteiger partial charge in [0.25, 0.3) is 5.91 Å². The number of hydrogen-bond acceptors (Lipinski definition) is 4. The van der Waals surface area contributed by atoms with Gasteiger partial charge in [-0.1, -0.05) is 75.4 Å². The van der Waals surface area contributed by atoms with Gasteiger partial charge in [0, 0.05) is 12.1 Å². The molecule has 35 heavy (non-hydrogen) atoms. The Balaban J connectivity index is 1.28. The highest BCUT2D eigenvalue weighted by molar-refractivity contribution is 8.00. The monoisotopic (exact) mass is 488 g/mol. The van der Waals surface area contributed by atoms with Crippen molar-refractivity contribution in [3.8, 4) is 5.75 Å². The number of benzene rings is 3. The molecule has 4 rings (SSSR count). The molecule has 0 aromatic heterocycles. The number of nitrogens with zero attached hydrogens (tertiary/aromatic N) is 1. The van der Waals surface area contributed by atoms with Gasteiger partial charge in [-0.15, -0.1) is 11.8 Å². The molecular formula is C29H32N2O3S. The largest absolute Gasteiger partial charge is 0.492 e. The topological polar surface area (TPSA) is 58.6 Å². The van der Waals surface area contributed by atoms with Crippen LogP contribution in [-0.2, 0) is 16.8 Å². The van der Waals surface area contributed by atoms with Crippen LogP contribution in [-0.4, -0.2) is 35.6 Å². The summed E-state index contributed by atoms with van der Waals surface area (Å²) in [4.78, 5) is 26.9. The molecule has 1 fully saturated rings. The summed E-state index contributed by atoms with van der Waals surface area (Å²) in [7, 11) is 0. The van der Waals surface area contributed by atoms with Gasteiger partial charge in [-0.05, 0) is 46.4 Å². The highest BCUT2D eigenvalue weighted by Crippen LogP contribution is 2.39. The Bertz CT molecular complexity index is 1140. The molecule has 0 radical (unpaired) electrons. The Hall–Kier alpha value is -3.25. The Labute approximate surface area is 211 Å². The summed E-state index contributed by atoms with van der Waals surface area (Å²) in [5.41, 5.74) is 4.08. The molecule has 0 spiro atoms. The molecule has 6 heteroatoms. The van der Waals surface area contributed by atoms with Crippen LogP contribution in [0.5, 0.6) is 5.75 Å². The quantitative estimate of drug-likeness (QED) is 0.421. The molecule has 1 saturated heterocycles. The number of carbonyl (C=O) groups is 2. The van der Waals surface area contributed by atoms with Crippen LogP contribution in [0.25, 0.3) is 0 Å². The molecule has 1 aliphatic heterocycles. The van der Waals surface area contributed by atoms with Crippen molar-refractivity contribution in [1.82, 2.24) is 10.2 Å². The van der Waals surface area contributed by atoms with Gasteiger partial charge in [0.1, 0.15) is 17.7 Å². The van der Waals surface area contributed by atoms with E-state index < -0.39 is 0 Å². The molecule has 0 bridgehead atoms. The van der Waals surface area contributed by atoms with E-state index in [0.717, 1.165) is 16.9 Å². The van der Waals surface area contributed by atoms with E-state index in [1.54, 1.807) is 11.8 Å². The zero-order valence-electron chi connectivity index (χ0n) is 20.5. The van der Waals surface area contributed by atoms with Crippen molar-refractivity contribution in [2.45, 2.75) is 38.1 Å². The molecule has 1 unspecified atom stereocenters. The van der Waals surface area contributed by atoms with Crippen LogP contribution in [0.15, 0.2) is 78.9 Å². The summed E-state index contributed by atoms with van der Waals surface area (Å²) in [5.74, 6) is 1.26. The average molecular weight is 489 g/mol. The van der Waals surface area contributed by atoms with Crippen molar-refractivity contribution in [2.24, 2.45) is 0 Å². The number of hydrogen-bond donors (Lipinski definition) is 1. The van der Waals surface area contributed by atoms with E-state index in [9.17, 15) is 9.59 Å². The molecule has 0 aliphatic carbocycles. The molecule has 3 aromatic carbocycles.